The number of thioether (sulfide) groups is 1. The van der Waals surface area contributed by atoms with Crippen LogP contribution in [0.15, 0.2) is 29.4 Å². The van der Waals surface area contributed by atoms with Gasteiger partial charge in [0.15, 0.2) is 11.0 Å². The lowest BCUT2D eigenvalue weighted by Gasteiger charge is -2.07. The van der Waals surface area contributed by atoms with Crippen LogP contribution in [0.2, 0.25) is 0 Å². The molecule has 2 rings (SSSR count). The average molecular weight is 292 g/mol. The Labute approximate surface area is 121 Å². The highest BCUT2D eigenvalue weighted by Crippen LogP contribution is 2.26. The van der Waals surface area contributed by atoms with E-state index in [1.165, 1.54) is 11.8 Å². The second kappa shape index (κ2) is 5.96. The number of methoxy groups -OCH3 is 1. The molecule has 0 bridgehead atoms. The molecule has 1 aromatic heterocycles. The topological polar surface area (TPSA) is 83.0 Å². The number of carbonyl (C=O) groups excluding carboxylic acids is 1. The number of ether oxygens (including phenoxy) is 1. The summed E-state index contributed by atoms with van der Waals surface area (Å²) in [6.45, 7) is 1.74. The Bertz CT molecular complexity index is 609. The Balaban J connectivity index is 2.25. The van der Waals surface area contributed by atoms with Crippen LogP contribution in [0.4, 0.5) is 0 Å². The van der Waals surface area contributed by atoms with Crippen LogP contribution in [0.25, 0.3) is 11.4 Å². The number of hydrogen-bond acceptors (Lipinski definition) is 5. The van der Waals surface area contributed by atoms with Crippen LogP contribution in [0.5, 0.6) is 5.75 Å². The molecule has 1 heterocycles. The zero-order chi connectivity index (χ0) is 14.7. The molecule has 0 aliphatic heterocycles. The van der Waals surface area contributed by atoms with Crippen molar-refractivity contribution in [3.05, 3.63) is 24.3 Å². The highest BCUT2D eigenvalue weighted by molar-refractivity contribution is 8.00. The summed E-state index contributed by atoms with van der Waals surface area (Å²) < 4.78 is 6.96. The van der Waals surface area contributed by atoms with Crippen molar-refractivity contribution in [1.82, 2.24) is 14.8 Å². The molecule has 20 heavy (non-hydrogen) atoms. The Hall–Kier alpha value is -2.02. The molecular formula is C13H16N4O2S. The maximum absolute atomic E-state index is 11.1. The molecule has 1 amide bonds. The van der Waals surface area contributed by atoms with Gasteiger partial charge in [-0.25, -0.2) is 0 Å². The first-order valence-electron chi connectivity index (χ1n) is 6.02. The monoisotopic (exact) mass is 292 g/mol. The highest BCUT2D eigenvalue weighted by atomic mass is 32.2. The first-order valence-corrected chi connectivity index (χ1v) is 6.90. The fraction of sp³-hybridized carbons (Fsp3) is 0.308. The quantitative estimate of drug-likeness (QED) is 0.843. The SMILES string of the molecule is COc1ccc(-c2nnc(S[C@H](C)C(N)=O)n2C)cc1. The standard InChI is InChI=1S/C13H16N4O2S/c1-8(11(14)18)20-13-16-15-12(17(13)2)9-4-6-10(19-3)7-5-9/h4-8H,1-3H3,(H2,14,18)/t8-/m1/s1. The molecule has 0 saturated heterocycles. The molecule has 0 unspecified atom stereocenters. The molecule has 7 heteroatoms. The highest BCUT2D eigenvalue weighted by Gasteiger charge is 2.17. The van der Waals surface area contributed by atoms with Gasteiger partial charge in [0, 0.05) is 12.6 Å². The van der Waals surface area contributed by atoms with Gasteiger partial charge in [0.2, 0.25) is 5.91 Å². The largest absolute Gasteiger partial charge is 0.497 e. The second-order valence-electron chi connectivity index (χ2n) is 4.26. The minimum Gasteiger partial charge on any atom is -0.497 e. The van der Waals surface area contributed by atoms with E-state index in [4.69, 9.17) is 10.5 Å². The van der Waals surface area contributed by atoms with Gasteiger partial charge in [0.25, 0.3) is 0 Å². The number of benzene rings is 1. The van der Waals surface area contributed by atoms with Crippen LogP contribution < -0.4 is 10.5 Å². The molecule has 0 saturated carbocycles. The van der Waals surface area contributed by atoms with Crippen molar-refractivity contribution in [3.8, 4) is 17.1 Å². The summed E-state index contributed by atoms with van der Waals surface area (Å²) in [5.41, 5.74) is 6.18. The van der Waals surface area contributed by atoms with E-state index in [1.807, 2.05) is 35.9 Å². The van der Waals surface area contributed by atoms with Crippen LogP contribution in [0.1, 0.15) is 6.92 Å². The summed E-state index contributed by atoms with van der Waals surface area (Å²) in [5.74, 6) is 1.14. The molecule has 0 radical (unpaired) electrons. The maximum Gasteiger partial charge on any atom is 0.230 e. The van der Waals surface area contributed by atoms with Crippen molar-refractivity contribution >= 4 is 17.7 Å². The van der Waals surface area contributed by atoms with Crippen LogP contribution in [-0.4, -0.2) is 33.0 Å². The third-order valence-electron chi connectivity index (χ3n) is 2.87. The van der Waals surface area contributed by atoms with E-state index in [2.05, 4.69) is 10.2 Å². The summed E-state index contributed by atoms with van der Waals surface area (Å²) in [6.07, 6.45) is 0. The smallest absolute Gasteiger partial charge is 0.230 e. The van der Waals surface area contributed by atoms with Crippen molar-refractivity contribution in [3.63, 3.8) is 0 Å². The van der Waals surface area contributed by atoms with Gasteiger partial charge in [-0.15, -0.1) is 10.2 Å². The normalized spacial score (nSPS) is 12.2. The number of aromatic nitrogens is 3. The van der Waals surface area contributed by atoms with Crippen molar-refractivity contribution in [2.45, 2.75) is 17.3 Å². The van der Waals surface area contributed by atoms with Gasteiger partial charge < -0.3 is 15.0 Å². The first kappa shape index (κ1) is 14.4. The van der Waals surface area contributed by atoms with E-state index in [0.717, 1.165) is 17.1 Å². The molecule has 0 aliphatic carbocycles. The zero-order valence-corrected chi connectivity index (χ0v) is 12.3. The van der Waals surface area contributed by atoms with Gasteiger partial charge in [-0.2, -0.15) is 0 Å². The summed E-state index contributed by atoms with van der Waals surface area (Å²) >= 11 is 1.29. The summed E-state index contributed by atoms with van der Waals surface area (Å²) in [6, 6.07) is 7.55. The molecule has 0 spiro atoms. The van der Waals surface area contributed by atoms with Crippen molar-refractivity contribution in [1.29, 1.82) is 0 Å². The fourth-order valence-electron chi connectivity index (χ4n) is 1.63. The van der Waals surface area contributed by atoms with Gasteiger partial charge >= 0.3 is 0 Å². The second-order valence-corrected chi connectivity index (χ2v) is 5.56. The Morgan fingerprint density at radius 3 is 2.55 bits per heavy atom. The molecule has 0 aliphatic rings. The maximum atomic E-state index is 11.1. The number of amides is 1. The lowest BCUT2D eigenvalue weighted by molar-refractivity contribution is -0.117. The average Bonchev–Trinajstić information content (AvgIpc) is 2.80. The summed E-state index contributed by atoms with van der Waals surface area (Å²) in [5, 5.41) is 8.56. The van der Waals surface area contributed by atoms with Crippen molar-refractivity contribution in [2.24, 2.45) is 12.8 Å². The number of rotatable bonds is 5. The molecule has 2 N–H and O–H groups in total. The van der Waals surface area contributed by atoms with Crippen molar-refractivity contribution < 1.29 is 9.53 Å². The van der Waals surface area contributed by atoms with Crippen LogP contribution in [0, 0.1) is 0 Å². The van der Waals surface area contributed by atoms with E-state index >= 15 is 0 Å². The Kier molecular flexibility index (Phi) is 4.29. The minimum absolute atomic E-state index is 0.346. The third-order valence-corrected chi connectivity index (χ3v) is 4.02. The Morgan fingerprint density at radius 2 is 2.00 bits per heavy atom. The Morgan fingerprint density at radius 1 is 1.35 bits per heavy atom. The van der Waals surface area contributed by atoms with Gasteiger partial charge in [-0.05, 0) is 31.2 Å². The van der Waals surface area contributed by atoms with Crippen molar-refractivity contribution in [2.75, 3.05) is 7.11 Å². The van der Waals surface area contributed by atoms with E-state index in [-0.39, 0.29) is 11.2 Å². The molecule has 1 aromatic carbocycles. The fourth-order valence-corrected chi connectivity index (χ4v) is 2.39. The van der Waals surface area contributed by atoms with E-state index in [9.17, 15) is 4.79 Å². The summed E-state index contributed by atoms with van der Waals surface area (Å²) in [4.78, 5) is 11.1. The van der Waals surface area contributed by atoms with E-state index < -0.39 is 0 Å². The zero-order valence-electron chi connectivity index (χ0n) is 11.5. The third kappa shape index (κ3) is 2.93. The molecule has 6 nitrogen and oxygen atoms in total. The molecule has 2 aromatic rings. The lowest BCUT2D eigenvalue weighted by Crippen LogP contribution is -2.22. The first-order chi connectivity index (χ1) is 9.52. The van der Waals surface area contributed by atoms with Gasteiger partial charge in [-0.1, -0.05) is 11.8 Å². The van der Waals surface area contributed by atoms with Crippen LogP contribution >= 0.6 is 11.8 Å². The van der Waals surface area contributed by atoms with Gasteiger partial charge in [-0.3, -0.25) is 4.79 Å². The van der Waals surface area contributed by atoms with Crippen LogP contribution in [0.3, 0.4) is 0 Å². The van der Waals surface area contributed by atoms with E-state index in [1.54, 1.807) is 14.0 Å². The number of carbonyl (C=O) groups is 1. The van der Waals surface area contributed by atoms with Crippen LogP contribution in [-0.2, 0) is 11.8 Å². The molecular weight excluding hydrogens is 276 g/mol. The number of nitrogens with two attached hydrogens (primary N) is 1. The predicted molar refractivity (Wildman–Crippen MR) is 77.5 cm³/mol. The molecule has 1 atom stereocenters. The lowest BCUT2D eigenvalue weighted by atomic mass is 10.2. The van der Waals surface area contributed by atoms with Gasteiger partial charge in [0.1, 0.15) is 5.75 Å². The number of hydrogen-bond donors (Lipinski definition) is 1. The van der Waals surface area contributed by atoms with Gasteiger partial charge in [0.05, 0.1) is 12.4 Å². The predicted octanol–water partition coefficient (Wildman–Crippen LogP) is 1.46. The minimum atomic E-state index is -0.371. The molecule has 106 valence electrons. The molecule has 0 fully saturated rings. The number of nitrogens with zero attached hydrogens (tertiary/aromatic N) is 3. The summed E-state index contributed by atoms with van der Waals surface area (Å²) in [7, 11) is 3.48. The number of primary amides is 1. The van der Waals surface area contributed by atoms with E-state index in [0.29, 0.717) is 5.16 Å².